The molecule has 1 aliphatic heterocycles. The topological polar surface area (TPSA) is 98.3 Å². The largest absolute Gasteiger partial charge is 0.399 e. The first kappa shape index (κ1) is 12.7. The highest BCUT2D eigenvalue weighted by atomic mass is 32.2. The van der Waals surface area contributed by atoms with Gasteiger partial charge in [-0.3, -0.25) is 9.48 Å². The summed E-state index contributed by atoms with van der Waals surface area (Å²) in [4.78, 5) is 12.2. The predicted molar refractivity (Wildman–Crippen MR) is 71.1 cm³/mol. The van der Waals surface area contributed by atoms with E-state index in [2.05, 4.69) is 5.10 Å². The van der Waals surface area contributed by atoms with Gasteiger partial charge in [-0.05, 0) is 18.2 Å². The van der Waals surface area contributed by atoms with Crippen LogP contribution in [0.5, 0.6) is 0 Å². The van der Waals surface area contributed by atoms with Crippen molar-refractivity contribution < 1.29 is 13.2 Å². The minimum absolute atomic E-state index is 0.0357. The molecular formula is C12H12N4O3S. The molecule has 8 heteroatoms. The van der Waals surface area contributed by atoms with E-state index in [9.17, 15) is 13.2 Å². The maximum absolute atomic E-state index is 12.4. The first-order valence-electron chi connectivity index (χ1n) is 5.84. The highest BCUT2D eigenvalue weighted by molar-refractivity contribution is 7.90. The molecule has 2 heterocycles. The highest BCUT2D eigenvalue weighted by Crippen LogP contribution is 2.32. The van der Waals surface area contributed by atoms with Crippen LogP contribution in [0.2, 0.25) is 0 Å². The normalized spacial score (nSPS) is 16.4. The Morgan fingerprint density at radius 2 is 2.10 bits per heavy atom. The van der Waals surface area contributed by atoms with Gasteiger partial charge < -0.3 is 5.73 Å². The standard InChI is InChI=1S/C12H12N4O3S/c1-15-6-8(5-14-15)7-16-12(17)10-3-2-9(13)4-11(10)20(16,18)19/h2-6H,7,13H2,1H3. The first-order chi connectivity index (χ1) is 9.39. The van der Waals surface area contributed by atoms with Crippen LogP contribution in [0.25, 0.3) is 0 Å². The summed E-state index contributed by atoms with van der Waals surface area (Å²) in [6, 6.07) is 4.26. The molecule has 0 atom stereocenters. The van der Waals surface area contributed by atoms with E-state index in [1.165, 1.54) is 24.4 Å². The Morgan fingerprint density at radius 3 is 2.75 bits per heavy atom. The van der Waals surface area contributed by atoms with Crippen LogP contribution >= 0.6 is 0 Å². The van der Waals surface area contributed by atoms with Crippen molar-refractivity contribution in [1.82, 2.24) is 14.1 Å². The van der Waals surface area contributed by atoms with Gasteiger partial charge in [-0.25, -0.2) is 12.7 Å². The third-order valence-electron chi connectivity index (χ3n) is 3.12. The van der Waals surface area contributed by atoms with Crippen molar-refractivity contribution >= 4 is 21.6 Å². The third kappa shape index (κ3) is 1.76. The van der Waals surface area contributed by atoms with E-state index < -0.39 is 15.9 Å². The summed E-state index contributed by atoms with van der Waals surface area (Å²) in [5, 5.41) is 3.96. The van der Waals surface area contributed by atoms with Crippen molar-refractivity contribution in [3.8, 4) is 0 Å². The van der Waals surface area contributed by atoms with Gasteiger partial charge >= 0.3 is 0 Å². The number of carbonyl (C=O) groups is 1. The summed E-state index contributed by atoms with van der Waals surface area (Å²) >= 11 is 0. The fourth-order valence-electron chi connectivity index (χ4n) is 2.17. The lowest BCUT2D eigenvalue weighted by molar-refractivity contribution is 0.0865. The molecule has 0 bridgehead atoms. The molecule has 7 nitrogen and oxygen atoms in total. The molecule has 104 valence electrons. The van der Waals surface area contributed by atoms with Gasteiger partial charge in [0.15, 0.2) is 0 Å². The van der Waals surface area contributed by atoms with Crippen molar-refractivity contribution in [3.63, 3.8) is 0 Å². The smallest absolute Gasteiger partial charge is 0.269 e. The van der Waals surface area contributed by atoms with Gasteiger partial charge in [-0.1, -0.05) is 0 Å². The summed E-state index contributed by atoms with van der Waals surface area (Å²) in [6.07, 6.45) is 3.19. The van der Waals surface area contributed by atoms with Gasteiger partial charge in [0, 0.05) is 24.5 Å². The third-order valence-corrected chi connectivity index (χ3v) is 4.88. The maximum atomic E-state index is 12.4. The molecule has 1 aromatic carbocycles. The molecule has 0 saturated heterocycles. The number of hydrogen-bond donors (Lipinski definition) is 1. The minimum atomic E-state index is -3.84. The van der Waals surface area contributed by atoms with Gasteiger partial charge in [0.2, 0.25) is 0 Å². The van der Waals surface area contributed by atoms with Crippen molar-refractivity contribution in [1.29, 1.82) is 0 Å². The average molecular weight is 292 g/mol. The van der Waals surface area contributed by atoms with Crippen LogP contribution in [-0.4, -0.2) is 28.4 Å². The molecule has 0 aliphatic carbocycles. The number of fused-ring (bicyclic) bond motifs is 1. The molecule has 1 aliphatic rings. The quantitative estimate of drug-likeness (QED) is 0.805. The SMILES string of the molecule is Cn1cc(CN2C(=O)c3ccc(N)cc3S2(=O)=O)cn1. The zero-order valence-corrected chi connectivity index (χ0v) is 11.5. The fourth-order valence-corrected chi connectivity index (χ4v) is 3.76. The molecule has 0 saturated carbocycles. The van der Waals surface area contributed by atoms with E-state index in [0.717, 1.165) is 4.31 Å². The Balaban J connectivity index is 2.05. The number of anilines is 1. The summed E-state index contributed by atoms with van der Waals surface area (Å²) in [7, 11) is -2.12. The number of nitrogens with zero attached hydrogens (tertiary/aromatic N) is 3. The van der Waals surface area contributed by atoms with Crippen molar-refractivity contribution in [2.75, 3.05) is 5.73 Å². The van der Waals surface area contributed by atoms with Crippen LogP contribution < -0.4 is 5.73 Å². The number of sulfonamides is 1. The molecule has 0 unspecified atom stereocenters. The van der Waals surface area contributed by atoms with E-state index in [4.69, 9.17) is 5.73 Å². The Labute approximate surface area is 115 Å². The summed E-state index contributed by atoms with van der Waals surface area (Å²) in [5.74, 6) is -0.538. The van der Waals surface area contributed by atoms with Gasteiger partial charge in [0.05, 0.1) is 18.3 Å². The average Bonchev–Trinajstić information content (AvgIpc) is 2.86. The van der Waals surface area contributed by atoms with E-state index in [-0.39, 0.29) is 17.0 Å². The second-order valence-corrected chi connectivity index (χ2v) is 6.43. The molecule has 2 aromatic rings. The van der Waals surface area contributed by atoms with E-state index in [1.807, 2.05) is 0 Å². The number of carbonyl (C=O) groups excluding carboxylic acids is 1. The highest BCUT2D eigenvalue weighted by Gasteiger charge is 2.41. The number of aryl methyl sites for hydroxylation is 1. The number of aromatic nitrogens is 2. The molecule has 3 rings (SSSR count). The minimum Gasteiger partial charge on any atom is -0.399 e. The van der Waals surface area contributed by atoms with Crippen LogP contribution in [0.1, 0.15) is 15.9 Å². The molecule has 20 heavy (non-hydrogen) atoms. The molecule has 0 spiro atoms. The molecular weight excluding hydrogens is 280 g/mol. The lowest BCUT2D eigenvalue weighted by Crippen LogP contribution is -2.29. The van der Waals surface area contributed by atoms with Crippen molar-refractivity contribution in [2.24, 2.45) is 7.05 Å². The number of benzene rings is 1. The summed E-state index contributed by atoms with van der Waals surface area (Å²) in [5.41, 5.74) is 6.70. The molecule has 0 radical (unpaired) electrons. The number of amides is 1. The van der Waals surface area contributed by atoms with Gasteiger partial charge in [0.1, 0.15) is 4.90 Å². The second kappa shape index (κ2) is 4.07. The molecule has 1 aromatic heterocycles. The van der Waals surface area contributed by atoms with Crippen LogP contribution in [0.3, 0.4) is 0 Å². The Bertz CT molecular complexity index is 810. The number of rotatable bonds is 2. The molecule has 2 N–H and O–H groups in total. The van der Waals surface area contributed by atoms with E-state index in [0.29, 0.717) is 11.3 Å². The second-order valence-electron chi connectivity index (χ2n) is 4.59. The maximum Gasteiger partial charge on any atom is 0.269 e. The predicted octanol–water partition coefficient (Wildman–Crippen LogP) is 0.347. The zero-order valence-electron chi connectivity index (χ0n) is 10.6. The number of nitrogen functional groups attached to an aromatic ring is 1. The van der Waals surface area contributed by atoms with Crippen LogP contribution in [-0.2, 0) is 23.6 Å². The lowest BCUT2D eigenvalue weighted by Gasteiger charge is -2.13. The Kier molecular flexibility index (Phi) is 2.58. The van der Waals surface area contributed by atoms with Gasteiger partial charge in [0.25, 0.3) is 15.9 Å². The first-order valence-corrected chi connectivity index (χ1v) is 7.28. The van der Waals surface area contributed by atoms with Crippen molar-refractivity contribution in [2.45, 2.75) is 11.4 Å². The Hall–Kier alpha value is -2.35. The van der Waals surface area contributed by atoms with Crippen LogP contribution in [0.15, 0.2) is 35.5 Å². The van der Waals surface area contributed by atoms with Gasteiger partial charge in [-0.15, -0.1) is 0 Å². The number of hydrogen-bond acceptors (Lipinski definition) is 5. The molecule has 0 fully saturated rings. The van der Waals surface area contributed by atoms with Crippen LogP contribution in [0, 0.1) is 0 Å². The molecule has 1 amide bonds. The summed E-state index contributed by atoms with van der Waals surface area (Å²) in [6.45, 7) is -0.0381. The Morgan fingerprint density at radius 1 is 1.35 bits per heavy atom. The van der Waals surface area contributed by atoms with Crippen molar-refractivity contribution in [3.05, 3.63) is 41.7 Å². The lowest BCUT2D eigenvalue weighted by atomic mass is 10.2. The van der Waals surface area contributed by atoms with E-state index in [1.54, 1.807) is 17.9 Å². The monoisotopic (exact) mass is 292 g/mol. The zero-order chi connectivity index (χ0) is 14.5. The van der Waals surface area contributed by atoms with Crippen LogP contribution in [0.4, 0.5) is 5.69 Å². The fraction of sp³-hybridized carbons (Fsp3) is 0.167. The number of nitrogens with two attached hydrogens (primary N) is 1. The van der Waals surface area contributed by atoms with E-state index >= 15 is 0 Å². The van der Waals surface area contributed by atoms with Gasteiger partial charge in [-0.2, -0.15) is 5.10 Å². The summed E-state index contributed by atoms with van der Waals surface area (Å²) < 4.78 is 27.2.